The molecule has 1 aliphatic heterocycles. The Morgan fingerprint density at radius 3 is 2.70 bits per heavy atom. The van der Waals surface area contributed by atoms with Gasteiger partial charge < -0.3 is 9.47 Å². The predicted molar refractivity (Wildman–Crippen MR) is 82.2 cm³/mol. The van der Waals surface area contributed by atoms with Crippen LogP contribution in [0.3, 0.4) is 0 Å². The standard InChI is InChI=1S/C15H14Br2NO2/c16-12-4-5-13(17)11(9-12)10-18-6-2-1-3-14(18)15-19-7-8-20-15/h1-6,9,15H,7-8,10H2/q+1. The highest BCUT2D eigenvalue weighted by atomic mass is 79.9. The molecular formula is C15H14Br2NO2+. The molecule has 0 aliphatic carbocycles. The maximum absolute atomic E-state index is 5.61. The van der Waals surface area contributed by atoms with Crippen molar-refractivity contribution in [2.45, 2.75) is 12.8 Å². The van der Waals surface area contributed by atoms with Crippen molar-refractivity contribution in [2.24, 2.45) is 0 Å². The van der Waals surface area contributed by atoms with Crippen LogP contribution in [0.5, 0.6) is 0 Å². The summed E-state index contributed by atoms with van der Waals surface area (Å²) in [6.45, 7) is 2.07. The minimum atomic E-state index is -0.262. The highest BCUT2D eigenvalue weighted by Gasteiger charge is 2.27. The van der Waals surface area contributed by atoms with E-state index in [4.69, 9.17) is 9.47 Å². The van der Waals surface area contributed by atoms with E-state index in [9.17, 15) is 0 Å². The number of benzene rings is 1. The van der Waals surface area contributed by atoms with Crippen LogP contribution >= 0.6 is 31.9 Å². The van der Waals surface area contributed by atoms with Gasteiger partial charge in [0.2, 0.25) is 12.0 Å². The third kappa shape index (κ3) is 3.11. The lowest BCUT2D eigenvalue weighted by Gasteiger charge is -2.10. The first-order valence-corrected chi connectivity index (χ1v) is 7.98. The molecule has 0 spiro atoms. The fourth-order valence-electron chi connectivity index (χ4n) is 2.22. The highest BCUT2D eigenvalue weighted by molar-refractivity contribution is 9.11. The molecule has 1 fully saturated rings. The summed E-state index contributed by atoms with van der Waals surface area (Å²) in [5, 5.41) is 0. The topological polar surface area (TPSA) is 22.3 Å². The zero-order valence-corrected chi connectivity index (χ0v) is 13.9. The third-order valence-corrected chi connectivity index (χ3v) is 4.45. The smallest absolute Gasteiger partial charge is 0.245 e. The van der Waals surface area contributed by atoms with E-state index in [2.05, 4.69) is 42.5 Å². The van der Waals surface area contributed by atoms with Crippen LogP contribution < -0.4 is 4.57 Å². The second kappa shape index (κ2) is 6.35. The number of hydrogen-bond donors (Lipinski definition) is 0. The molecule has 0 N–H and O–H groups in total. The molecule has 0 radical (unpaired) electrons. The van der Waals surface area contributed by atoms with E-state index in [-0.39, 0.29) is 6.29 Å². The quantitative estimate of drug-likeness (QED) is 0.736. The number of ether oxygens (including phenoxy) is 2. The summed E-state index contributed by atoms with van der Waals surface area (Å²) >= 11 is 7.11. The van der Waals surface area contributed by atoms with Crippen LogP contribution in [0.15, 0.2) is 51.5 Å². The van der Waals surface area contributed by atoms with Crippen molar-refractivity contribution >= 4 is 31.9 Å². The summed E-state index contributed by atoms with van der Waals surface area (Å²) in [5.41, 5.74) is 2.24. The van der Waals surface area contributed by atoms with Gasteiger partial charge in [-0.05, 0) is 24.3 Å². The second-order valence-corrected chi connectivity index (χ2v) is 6.33. The van der Waals surface area contributed by atoms with Crippen molar-refractivity contribution in [3.05, 3.63) is 62.8 Å². The summed E-state index contributed by atoms with van der Waals surface area (Å²) in [7, 11) is 0. The van der Waals surface area contributed by atoms with Crippen molar-refractivity contribution in [1.29, 1.82) is 0 Å². The number of rotatable bonds is 3. The van der Waals surface area contributed by atoms with Gasteiger partial charge in [0.15, 0.2) is 12.7 Å². The Morgan fingerprint density at radius 1 is 1.10 bits per heavy atom. The summed E-state index contributed by atoms with van der Waals surface area (Å²) in [6.07, 6.45) is 1.79. The maximum atomic E-state index is 5.61. The van der Waals surface area contributed by atoms with Crippen molar-refractivity contribution in [3.8, 4) is 0 Å². The lowest BCUT2D eigenvalue weighted by Crippen LogP contribution is -2.40. The molecule has 2 aromatic rings. The van der Waals surface area contributed by atoms with Gasteiger partial charge in [-0.3, -0.25) is 0 Å². The average Bonchev–Trinajstić information content (AvgIpc) is 2.97. The van der Waals surface area contributed by atoms with Crippen LogP contribution in [-0.2, 0) is 16.0 Å². The SMILES string of the molecule is Brc1ccc(Br)c(C[n+]2ccccc2C2OCCO2)c1. The number of hydrogen-bond acceptors (Lipinski definition) is 2. The van der Waals surface area contributed by atoms with E-state index in [1.807, 2.05) is 36.5 Å². The Kier molecular flexibility index (Phi) is 4.51. The van der Waals surface area contributed by atoms with Gasteiger partial charge in [0.05, 0.1) is 13.2 Å². The van der Waals surface area contributed by atoms with Gasteiger partial charge in [-0.2, -0.15) is 4.57 Å². The van der Waals surface area contributed by atoms with E-state index < -0.39 is 0 Å². The summed E-state index contributed by atoms with van der Waals surface area (Å²) in [6, 6.07) is 12.3. The predicted octanol–water partition coefficient (Wildman–Crippen LogP) is 3.59. The van der Waals surface area contributed by atoms with Crippen LogP contribution in [0.25, 0.3) is 0 Å². The molecular weight excluding hydrogens is 386 g/mol. The van der Waals surface area contributed by atoms with Crippen LogP contribution in [0.2, 0.25) is 0 Å². The number of pyridine rings is 1. The van der Waals surface area contributed by atoms with Crippen LogP contribution in [0, 0.1) is 0 Å². The van der Waals surface area contributed by atoms with Crippen molar-refractivity contribution in [3.63, 3.8) is 0 Å². The number of aromatic nitrogens is 1. The molecule has 20 heavy (non-hydrogen) atoms. The summed E-state index contributed by atoms with van der Waals surface area (Å²) in [4.78, 5) is 0. The molecule has 0 amide bonds. The second-order valence-electron chi connectivity index (χ2n) is 4.56. The molecule has 0 unspecified atom stereocenters. The Bertz CT molecular complexity index is 613. The van der Waals surface area contributed by atoms with Crippen LogP contribution in [0.1, 0.15) is 17.5 Å². The zero-order chi connectivity index (χ0) is 13.9. The van der Waals surface area contributed by atoms with Crippen LogP contribution in [-0.4, -0.2) is 13.2 Å². The first-order chi connectivity index (χ1) is 9.74. The molecule has 1 aromatic carbocycles. The Morgan fingerprint density at radius 2 is 1.90 bits per heavy atom. The van der Waals surface area contributed by atoms with E-state index in [1.54, 1.807) is 0 Å². The number of nitrogens with zero attached hydrogens (tertiary/aromatic N) is 1. The molecule has 0 atom stereocenters. The molecule has 3 nitrogen and oxygen atoms in total. The van der Waals surface area contributed by atoms with Gasteiger partial charge in [0.1, 0.15) is 0 Å². The summed E-state index contributed by atoms with van der Waals surface area (Å²) in [5.74, 6) is 0. The molecule has 3 rings (SSSR count). The van der Waals surface area contributed by atoms with Gasteiger partial charge in [0.25, 0.3) is 0 Å². The zero-order valence-electron chi connectivity index (χ0n) is 10.8. The molecule has 1 aromatic heterocycles. The molecule has 2 heterocycles. The minimum Gasteiger partial charge on any atom is -0.341 e. The normalized spacial score (nSPS) is 15.7. The van der Waals surface area contributed by atoms with Crippen LogP contribution in [0.4, 0.5) is 0 Å². The molecule has 0 bridgehead atoms. The monoisotopic (exact) mass is 398 g/mol. The average molecular weight is 400 g/mol. The fraction of sp³-hybridized carbons (Fsp3) is 0.267. The highest BCUT2D eigenvalue weighted by Crippen LogP contribution is 2.23. The van der Waals surface area contributed by atoms with Gasteiger partial charge in [0, 0.05) is 26.6 Å². The fourth-order valence-corrected chi connectivity index (χ4v) is 3.01. The van der Waals surface area contributed by atoms with E-state index in [0.717, 1.165) is 21.2 Å². The van der Waals surface area contributed by atoms with Gasteiger partial charge in [-0.1, -0.05) is 31.9 Å². The van der Waals surface area contributed by atoms with Gasteiger partial charge in [-0.25, -0.2) is 0 Å². The van der Waals surface area contributed by atoms with Crippen molar-refractivity contribution in [2.75, 3.05) is 13.2 Å². The van der Waals surface area contributed by atoms with Crippen molar-refractivity contribution < 1.29 is 14.0 Å². The Labute approximate surface area is 134 Å². The van der Waals surface area contributed by atoms with Gasteiger partial charge >= 0.3 is 0 Å². The van der Waals surface area contributed by atoms with Gasteiger partial charge in [-0.15, -0.1) is 0 Å². The molecule has 5 heteroatoms. The minimum absolute atomic E-state index is 0.262. The van der Waals surface area contributed by atoms with E-state index in [0.29, 0.717) is 13.2 Å². The first kappa shape index (κ1) is 14.2. The first-order valence-electron chi connectivity index (χ1n) is 6.39. The largest absolute Gasteiger partial charge is 0.341 e. The lowest BCUT2D eigenvalue weighted by atomic mass is 10.2. The van der Waals surface area contributed by atoms with E-state index in [1.165, 1.54) is 5.56 Å². The molecule has 0 saturated carbocycles. The summed E-state index contributed by atoms with van der Waals surface area (Å²) < 4.78 is 15.5. The molecule has 104 valence electrons. The Balaban J connectivity index is 1.92. The maximum Gasteiger partial charge on any atom is 0.245 e. The van der Waals surface area contributed by atoms with Crippen molar-refractivity contribution in [1.82, 2.24) is 0 Å². The molecule has 1 saturated heterocycles. The number of halogens is 2. The van der Waals surface area contributed by atoms with E-state index >= 15 is 0 Å². The third-order valence-electron chi connectivity index (χ3n) is 3.19. The lowest BCUT2D eigenvalue weighted by molar-refractivity contribution is -0.702. The molecule has 1 aliphatic rings. The Hall–Kier alpha value is -0.750.